The largest absolute Gasteiger partial charge is 0.481 e. The summed E-state index contributed by atoms with van der Waals surface area (Å²) in [6, 6.07) is 0. The van der Waals surface area contributed by atoms with Gasteiger partial charge in [0.2, 0.25) is 5.16 Å². The molecule has 1 aromatic heterocycles. The van der Waals surface area contributed by atoms with Gasteiger partial charge in [0, 0.05) is 6.54 Å². The minimum Gasteiger partial charge on any atom is -0.481 e. The van der Waals surface area contributed by atoms with Gasteiger partial charge in [0.1, 0.15) is 0 Å². The van der Waals surface area contributed by atoms with Gasteiger partial charge >= 0.3 is 5.97 Å². The zero-order valence-corrected chi connectivity index (χ0v) is 10.5. The van der Waals surface area contributed by atoms with E-state index in [4.69, 9.17) is 5.11 Å². The average Bonchev–Trinajstić information content (AvgIpc) is 2.57. The number of aryl methyl sites for hydroxylation is 1. The van der Waals surface area contributed by atoms with Gasteiger partial charge in [-0.2, -0.15) is 0 Å². The van der Waals surface area contributed by atoms with E-state index >= 15 is 0 Å². The number of aliphatic carboxylic acids is 1. The average molecular weight is 244 g/mol. The van der Waals surface area contributed by atoms with Crippen LogP contribution in [0.1, 0.15) is 27.2 Å². The van der Waals surface area contributed by atoms with Crippen molar-refractivity contribution in [3.05, 3.63) is 0 Å². The first-order valence-corrected chi connectivity index (χ1v) is 5.98. The molecule has 16 heavy (non-hydrogen) atoms. The molecule has 0 spiro atoms. The lowest BCUT2D eigenvalue weighted by molar-refractivity contribution is -0.133. The summed E-state index contributed by atoms with van der Waals surface area (Å²) in [5, 5.41) is 20.3. The maximum Gasteiger partial charge on any atom is 0.313 e. The number of hydrogen-bond donors (Lipinski definition) is 1. The molecule has 0 saturated carbocycles. The zero-order valence-electron chi connectivity index (χ0n) is 9.67. The number of tetrazole rings is 1. The van der Waals surface area contributed by atoms with Crippen molar-refractivity contribution < 1.29 is 9.90 Å². The normalized spacial score (nSPS) is 11.7. The second-order valence-electron chi connectivity index (χ2n) is 4.68. The van der Waals surface area contributed by atoms with Crippen molar-refractivity contribution in [2.45, 2.75) is 38.9 Å². The van der Waals surface area contributed by atoms with Crippen LogP contribution in [-0.2, 0) is 11.3 Å². The lowest BCUT2D eigenvalue weighted by atomic mass is 9.92. The Morgan fingerprint density at radius 2 is 2.19 bits per heavy atom. The molecule has 90 valence electrons. The monoisotopic (exact) mass is 244 g/mol. The fourth-order valence-electron chi connectivity index (χ4n) is 1.01. The van der Waals surface area contributed by atoms with Gasteiger partial charge in [0.25, 0.3) is 0 Å². The lowest BCUT2D eigenvalue weighted by Crippen LogP contribution is -2.12. The molecule has 1 aromatic rings. The Balaban J connectivity index is 2.53. The summed E-state index contributed by atoms with van der Waals surface area (Å²) in [7, 11) is 0. The van der Waals surface area contributed by atoms with E-state index in [0.29, 0.717) is 11.7 Å². The van der Waals surface area contributed by atoms with Crippen LogP contribution >= 0.6 is 11.8 Å². The first-order valence-electron chi connectivity index (χ1n) is 4.99. The van der Waals surface area contributed by atoms with Crippen LogP contribution in [-0.4, -0.2) is 37.0 Å². The van der Waals surface area contributed by atoms with Gasteiger partial charge in [0.15, 0.2) is 0 Å². The number of carboxylic acid groups (broad SMARTS) is 1. The molecule has 0 aliphatic rings. The zero-order chi connectivity index (χ0) is 12.2. The predicted octanol–water partition coefficient (Wildman–Crippen LogP) is 1.29. The van der Waals surface area contributed by atoms with Gasteiger partial charge in [-0.15, -0.1) is 5.10 Å². The van der Waals surface area contributed by atoms with Crippen LogP contribution in [0.3, 0.4) is 0 Å². The van der Waals surface area contributed by atoms with Gasteiger partial charge < -0.3 is 5.11 Å². The van der Waals surface area contributed by atoms with Crippen LogP contribution in [0.15, 0.2) is 5.16 Å². The molecule has 0 aromatic carbocycles. The topological polar surface area (TPSA) is 80.9 Å². The molecule has 1 N–H and O–H groups in total. The highest BCUT2D eigenvalue weighted by Gasteiger charge is 2.14. The molecule has 0 saturated heterocycles. The van der Waals surface area contributed by atoms with E-state index in [1.165, 1.54) is 0 Å². The summed E-state index contributed by atoms with van der Waals surface area (Å²) in [6.07, 6.45) is 0.943. The summed E-state index contributed by atoms with van der Waals surface area (Å²) in [5.41, 5.74) is 0.209. The second-order valence-corrected chi connectivity index (χ2v) is 5.62. The molecule has 0 radical (unpaired) electrons. The van der Waals surface area contributed by atoms with Crippen LogP contribution in [0.5, 0.6) is 0 Å². The molecular weight excluding hydrogens is 228 g/mol. The Bertz CT molecular complexity index is 359. The molecule has 6 nitrogen and oxygen atoms in total. The quantitative estimate of drug-likeness (QED) is 0.786. The van der Waals surface area contributed by atoms with Crippen molar-refractivity contribution in [3.8, 4) is 0 Å². The summed E-state index contributed by atoms with van der Waals surface area (Å²) >= 11 is 1.14. The van der Waals surface area contributed by atoms with Gasteiger partial charge in [-0.25, -0.2) is 4.68 Å². The molecule has 1 heterocycles. The third-order valence-electron chi connectivity index (χ3n) is 1.90. The molecule has 0 fully saturated rings. The maximum absolute atomic E-state index is 10.4. The van der Waals surface area contributed by atoms with E-state index < -0.39 is 5.97 Å². The Morgan fingerprint density at radius 3 is 2.75 bits per heavy atom. The second kappa shape index (κ2) is 5.29. The van der Waals surface area contributed by atoms with Crippen LogP contribution in [0.25, 0.3) is 0 Å². The number of nitrogens with zero attached hydrogens (tertiary/aromatic N) is 4. The van der Waals surface area contributed by atoms with E-state index in [-0.39, 0.29) is 11.2 Å². The minimum atomic E-state index is -0.865. The highest BCUT2D eigenvalue weighted by Crippen LogP contribution is 2.21. The van der Waals surface area contributed by atoms with E-state index in [9.17, 15) is 4.79 Å². The molecule has 0 atom stereocenters. The van der Waals surface area contributed by atoms with E-state index in [1.807, 2.05) is 0 Å². The van der Waals surface area contributed by atoms with Gasteiger partial charge in [0.05, 0.1) is 5.75 Å². The van der Waals surface area contributed by atoms with Crippen molar-refractivity contribution >= 4 is 17.7 Å². The number of rotatable bonds is 5. The molecule has 0 unspecified atom stereocenters. The van der Waals surface area contributed by atoms with Gasteiger partial charge in [-0.1, -0.05) is 32.5 Å². The molecule has 1 rings (SSSR count). The van der Waals surface area contributed by atoms with Crippen LogP contribution in [0, 0.1) is 5.41 Å². The summed E-state index contributed by atoms with van der Waals surface area (Å²) < 4.78 is 1.65. The van der Waals surface area contributed by atoms with Crippen LogP contribution in [0.4, 0.5) is 0 Å². The Kier molecular flexibility index (Phi) is 4.28. The van der Waals surface area contributed by atoms with Gasteiger partial charge in [-0.05, 0) is 22.3 Å². The maximum atomic E-state index is 10.4. The summed E-state index contributed by atoms with van der Waals surface area (Å²) in [5.74, 6) is -0.883. The lowest BCUT2D eigenvalue weighted by Gasteiger charge is -2.17. The number of carbonyl (C=O) groups is 1. The SMILES string of the molecule is CC(C)(C)CCn1nnnc1SCC(=O)O. The Hall–Kier alpha value is -1.11. The summed E-state index contributed by atoms with van der Waals surface area (Å²) in [6.45, 7) is 7.13. The first-order chi connectivity index (χ1) is 7.38. The fraction of sp³-hybridized carbons (Fsp3) is 0.778. The van der Waals surface area contributed by atoms with Crippen molar-refractivity contribution in [2.24, 2.45) is 5.41 Å². The smallest absolute Gasteiger partial charge is 0.313 e. The van der Waals surface area contributed by atoms with E-state index in [0.717, 1.165) is 18.2 Å². The third-order valence-corrected chi connectivity index (χ3v) is 2.84. The molecule has 7 heteroatoms. The van der Waals surface area contributed by atoms with Crippen molar-refractivity contribution in [1.82, 2.24) is 20.2 Å². The van der Waals surface area contributed by atoms with Gasteiger partial charge in [-0.3, -0.25) is 4.79 Å². The number of carboxylic acids is 1. The van der Waals surface area contributed by atoms with E-state index in [1.54, 1.807) is 4.68 Å². The van der Waals surface area contributed by atoms with Crippen LogP contribution in [0.2, 0.25) is 0 Å². The standard InChI is InChI=1S/C9H16N4O2S/c1-9(2,3)4-5-13-8(10-11-12-13)16-6-7(14)15/h4-6H2,1-3H3,(H,14,15). The fourth-order valence-corrected chi connectivity index (χ4v) is 1.63. The third kappa shape index (κ3) is 4.61. The highest BCUT2D eigenvalue weighted by molar-refractivity contribution is 7.99. The van der Waals surface area contributed by atoms with Crippen molar-refractivity contribution in [2.75, 3.05) is 5.75 Å². The van der Waals surface area contributed by atoms with Crippen molar-refractivity contribution in [1.29, 1.82) is 0 Å². The first kappa shape index (κ1) is 13.0. The number of thioether (sulfide) groups is 1. The predicted molar refractivity (Wildman–Crippen MR) is 60.2 cm³/mol. The number of aromatic nitrogens is 4. The molecule has 0 amide bonds. The molecular formula is C9H16N4O2S. The Morgan fingerprint density at radius 1 is 1.50 bits per heavy atom. The minimum absolute atomic E-state index is 0.0180. The Labute approximate surface area is 98.4 Å². The highest BCUT2D eigenvalue weighted by atomic mass is 32.2. The molecule has 0 bridgehead atoms. The molecule has 0 aliphatic heterocycles. The molecule has 0 aliphatic carbocycles. The summed E-state index contributed by atoms with van der Waals surface area (Å²) in [4.78, 5) is 10.4. The van der Waals surface area contributed by atoms with Crippen molar-refractivity contribution in [3.63, 3.8) is 0 Å². The van der Waals surface area contributed by atoms with Crippen LogP contribution < -0.4 is 0 Å². The van der Waals surface area contributed by atoms with E-state index in [2.05, 4.69) is 36.3 Å². The number of hydrogen-bond acceptors (Lipinski definition) is 5.